The molecule has 0 aliphatic heterocycles. The second kappa shape index (κ2) is 11.8. The van der Waals surface area contributed by atoms with E-state index in [2.05, 4.69) is 26.6 Å². The highest BCUT2D eigenvalue weighted by Crippen LogP contribution is 2.04. The van der Waals surface area contributed by atoms with Crippen molar-refractivity contribution in [3.63, 3.8) is 0 Å². The van der Waals surface area contributed by atoms with E-state index >= 15 is 0 Å². The second-order valence-corrected chi connectivity index (χ2v) is 7.63. The van der Waals surface area contributed by atoms with E-state index in [1.54, 1.807) is 7.05 Å². The average Bonchev–Trinajstić information content (AvgIpc) is 2.63. The predicted molar refractivity (Wildman–Crippen MR) is 110 cm³/mol. The largest absolute Gasteiger partial charge is 0.350 e. The van der Waals surface area contributed by atoms with Gasteiger partial charge >= 0.3 is 0 Å². The van der Waals surface area contributed by atoms with E-state index in [0.717, 1.165) is 5.56 Å². The number of likely N-dealkylation sites (N-methyl/N-ethyl adjacent to an activating group) is 1. The van der Waals surface area contributed by atoms with Crippen molar-refractivity contribution in [1.82, 2.24) is 26.6 Å². The smallest absolute Gasteiger partial charge is 0.243 e. The standard InChI is InChI=1S/C20H31N5O4/c1-20(2,3)25-18(28)13-23-19(29)15(10-14-8-6-5-7-9-14)24-17(27)12-22-16(26)11-21-4/h5-9,15,21H,10-13H2,1-4H3,(H,22,26)(H,23,29)(H,24,27)(H,25,28)/t15-/m0/s1. The van der Waals surface area contributed by atoms with Gasteiger partial charge in [-0.1, -0.05) is 30.3 Å². The van der Waals surface area contributed by atoms with Crippen molar-refractivity contribution in [3.8, 4) is 0 Å². The van der Waals surface area contributed by atoms with Crippen molar-refractivity contribution in [3.05, 3.63) is 35.9 Å². The Kier molecular flexibility index (Phi) is 9.81. The molecule has 0 aromatic heterocycles. The van der Waals surface area contributed by atoms with Crippen LogP contribution >= 0.6 is 0 Å². The number of nitrogens with one attached hydrogen (secondary N) is 5. The van der Waals surface area contributed by atoms with Gasteiger partial charge in [-0.3, -0.25) is 19.2 Å². The first-order chi connectivity index (χ1) is 13.6. The molecule has 9 nitrogen and oxygen atoms in total. The molecule has 1 rings (SSSR count). The first kappa shape index (κ1) is 24.1. The third-order valence-electron chi connectivity index (χ3n) is 3.66. The topological polar surface area (TPSA) is 128 Å². The number of rotatable bonds is 10. The first-order valence-corrected chi connectivity index (χ1v) is 9.44. The molecular weight excluding hydrogens is 374 g/mol. The summed E-state index contributed by atoms with van der Waals surface area (Å²) in [5, 5.41) is 13.1. The van der Waals surface area contributed by atoms with Crippen LogP contribution in [0.25, 0.3) is 0 Å². The molecule has 0 fully saturated rings. The zero-order valence-electron chi connectivity index (χ0n) is 17.4. The molecule has 0 saturated carbocycles. The van der Waals surface area contributed by atoms with Crippen LogP contribution in [0.2, 0.25) is 0 Å². The van der Waals surface area contributed by atoms with E-state index < -0.39 is 23.4 Å². The third kappa shape index (κ3) is 10.8. The highest BCUT2D eigenvalue weighted by Gasteiger charge is 2.22. The molecule has 0 spiro atoms. The van der Waals surface area contributed by atoms with Gasteiger partial charge in [0.15, 0.2) is 0 Å². The maximum Gasteiger partial charge on any atom is 0.243 e. The maximum absolute atomic E-state index is 12.6. The van der Waals surface area contributed by atoms with Gasteiger partial charge in [-0.15, -0.1) is 0 Å². The summed E-state index contributed by atoms with van der Waals surface area (Å²) in [4.78, 5) is 48.2. The zero-order chi connectivity index (χ0) is 21.9. The van der Waals surface area contributed by atoms with Crippen LogP contribution in [0.3, 0.4) is 0 Å². The maximum atomic E-state index is 12.6. The highest BCUT2D eigenvalue weighted by molar-refractivity contribution is 5.92. The Morgan fingerprint density at radius 3 is 2.07 bits per heavy atom. The van der Waals surface area contributed by atoms with E-state index in [4.69, 9.17) is 0 Å². The molecule has 5 N–H and O–H groups in total. The van der Waals surface area contributed by atoms with E-state index in [-0.39, 0.29) is 37.9 Å². The van der Waals surface area contributed by atoms with Gasteiger partial charge in [0.1, 0.15) is 6.04 Å². The van der Waals surface area contributed by atoms with Gasteiger partial charge < -0.3 is 26.6 Å². The Morgan fingerprint density at radius 1 is 0.862 bits per heavy atom. The SMILES string of the molecule is CNCC(=O)NCC(=O)N[C@@H](Cc1ccccc1)C(=O)NCC(=O)NC(C)(C)C. The second-order valence-electron chi connectivity index (χ2n) is 7.63. The van der Waals surface area contributed by atoms with Crippen LogP contribution < -0.4 is 26.6 Å². The summed E-state index contributed by atoms with van der Waals surface area (Å²) in [6.07, 6.45) is 0.254. The van der Waals surface area contributed by atoms with Gasteiger partial charge in [0.2, 0.25) is 23.6 Å². The molecule has 1 aromatic rings. The average molecular weight is 405 g/mol. The third-order valence-corrected chi connectivity index (χ3v) is 3.66. The molecule has 29 heavy (non-hydrogen) atoms. The molecule has 0 aliphatic carbocycles. The van der Waals surface area contributed by atoms with Crippen molar-refractivity contribution < 1.29 is 19.2 Å². The summed E-state index contributed by atoms with van der Waals surface area (Å²) in [6.45, 7) is 5.17. The highest BCUT2D eigenvalue weighted by atomic mass is 16.2. The van der Waals surface area contributed by atoms with E-state index in [1.165, 1.54) is 0 Å². The fourth-order valence-electron chi connectivity index (χ4n) is 2.46. The molecule has 1 aromatic carbocycles. The Hall–Kier alpha value is -2.94. The summed E-state index contributed by atoms with van der Waals surface area (Å²) in [6, 6.07) is 8.32. The Balaban J connectivity index is 2.69. The molecule has 4 amide bonds. The number of hydrogen-bond donors (Lipinski definition) is 5. The minimum atomic E-state index is -0.881. The number of carbonyl (C=O) groups excluding carboxylic acids is 4. The van der Waals surface area contributed by atoms with E-state index in [0.29, 0.717) is 0 Å². The van der Waals surface area contributed by atoms with Gasteiger partial charge in [0.05, 0.1) is 19.6 Å². The van der Waals surface area contributed by atoms with E-state index in [9.17, 15) is 19.2 Å². The minimum absolute atomic E-state index is 0.0874. The van der Waals surface area contributed by atoms with Crippen molar-refractivity contribution in [2.45, 2.75) is 38.8 Å². The van der Waals surface area contributed by atoms with Gasteiger partial charge in [-0.05, 0) is 33.4 Å². The summed E-state index contributed by atoms with van der Waals surface area (Å²) in [7, 11) is 1.62. The summed E-state index contributed by atoms with van der Waals surface area (Å²) >= 11 is 0. The lowest BCUT2D eigenvalue weighted by Crippen LogP contribution is -2.53. The lowest BCUT2D eigenvalue weighted by molar-refractivity contribution is -0.131. The van der Waals surface area contributed by atoms with Crippen LogP contribution in [0.4, 0.5) is 0 Å². The molecule has 0 radical (unpaired) electrons. The van der Waals surface area contributed by atoms with Gasteiger partial charge in [0.25, 0.3) is 0 Å². The van der Waals surface area contributed by atoms with Gasteiger partial charge in [-0.2, -0.15) is 0 Å². The monoisotopic (exact) mass is 405 g/mol. The fourth-order valence-corrected chi connectivity index (χ4v) is 2.46. The van der Waals surface area contributed by atoms with Crippen LogP contribution in [-0.2, 0) is 25.6 Å². The van der Waals surface area contributed by atoms with Crippen molar-refractivity contribution >= 4 is 23.6 Å². The first-order valence-electron chi connectivity index (χ1n) is 9.44. The molecule has 1 atom stereocenters. The van der Waals surface area contributed by atoms with Crippen molar-refractivity contribution in [1.29, 1.82) is 0 Å². The molecule has 160 valence electrons. The van der Waals surface area contributed by atoms with Crippen LogP contribution in [0, 0.1) is 0 Å². The molecule has 0 unspecified atom stereocenters. The molecule has 9 heteroatoms. The number of amides is 4. The van der Waals surface area contributed by atoms with Crippen LogP contribution in [0.5, 0.6) is 0 Å². The number of benzene rings is 1. The van der Waals surface area contributed by atoms with Crippen molar-refractivity contribution in [2.75, 3.05) is 26.7 Å². The van der Waals surface area contributed by atoms with Crippen LogP contribution in [0.1, 0.15) is 26.3 Å². The van der Waals surface area contributed by atoms with Crippen LogP contribution in [-0.4, -0.2) is 61.9 Å². The number of carbonyl (C=O) groups is 4. The molecule has 0 aliphatic rings. The lowest BCUT2D eigenvalue weighted by atomic mass is 10.1. The molecular formula is C20H31N5O4. The molecule has 0 bridgehead atoms. The summed E-state index contributed by atoms with van der Waals surface area (Å²) in [5.74, 6) is -1.63. The Morgan fingerprint density at radius 2 is 1.48 bits per heavy atom. The molecule has 0 heterocycles. The van der Waals surface area contributed by atoms with Crippen LogP contribution in [0.15, 0.2) is 30.3 Å². The van der Waals surface area contributed by atoms with E-state index in [1.807, 2.05) is 51.1 Å². The molecule has 0 saturated heterocycles. The quantitative estimate of drug-likeness (QED) is 0.344. The minimum Gasteiger partial charge on any atom is -0.350 e. The summed E-state index contributed by atoms with van der Waals surface area (Å²) in [5.41, 5.74) is 0.441. The fraction of sp³-hybridized carbons (Fsp3) is 0.500. The Labute approximate surface area is 171 Å². The normalized spacial score (nSPS) is 11.9. The number of hydrogen-bond acceptors (Lipinski definition) is 5. The predicted octanol–water partition coefficient (Wildman–Crippen LogP) is -0.920. The van der Waals surface area contributed by atoms with Gasteiger partial charge in [0, 0.05) is 12.0 Å². The van der Waals surface area contributed by atoms with Gasteiger partial charge in [-0.25, -0.2) is 0 Å². The van der Waals surface area contributed by atoms with Crippen molar-refractivity contribution in [2.24, 2.45) is 0 Å². The zero-order valence-corrected chi connectivity index (χ0v) is 17.4. The Bertz CT molecular complexity index is 701. The summed E-state index contributed by atoms with van der Waals surface area (Å²) < 4.78 is 0. The lowest BCUT2D eigenvalue weighted by Gasteiger charge is -2.22.